The lowest BCUT2D eigenvalue weighted by molar-refractivity contribution is -0.118. The molecule has 8 heteroatoms. The number of aryl methyl sites for hydroxylation is 1. The highest BCUT2D eigenvalue weighted by Gasteiger charge is 2.28. The molecule has 2 aromatic rings. The number of rotatable bonds is 4. The Morgan fingerprint density at radius 1 is 1.31 bits per heavy atom. The molecule has 0 atom stereocenters. The van der Waals surface area contributed by atoms with Gasteiger partial charge in [0.2, 0.25) is 5.91 Å². The first-order valence-corrected chi connectivity index (χ1v) is 10.4. The number of nitrogens with zero attached hydrogens (tertiary/aromatic N) is 1. The van der Waals surface area contributed by atoms with E-state index < -0.39 is 15.8 Å². The summed E-state index contributed by atoms with van der Waals surface area (Å²) in [5.41, 5.74) is 2.09. The highest BCUT2D eigenvalue weighted by atomic mass is 79.9. The number of anilines is 2. The molecule has 1 N–H and O–H groups in total. The van der Waals surface area contributed by atoms with E-state index in [2.05, 4.69) is 20.7 Å². The van der Waals surface area contributed by atoms with Crippen LogP contribution in [0, 0.1) is 12.7 Å². The van der Waals surface area contributed by atoms with E-state index in [1.807, 2.05) is 0 Å². The Balaban J connectivity index is 2.00. The summed E-state index contributed by atoms with van der Waals surface area (Å²) in [7, 11) is -3.95. The number of amides is 1. The second-order valence-electron chi connectivity index (χ2n) is 6.13. The number of halogens is 2. The zero-order valence-corrected chi connectivity index (χ0v) is 16.7. The highest BCUT2D eigenvalue weighted by Crippen LogP contribution is 2.36. The van der Waals surface area contributed by atoms with E-state index in [0.29, 0.717) is 35.1 Å². The Labute approximate surface area is 160 Å². The minimum Gasteiger partial charge on any atom is -0.312 e. The lowest BCUT2D eigenvalue weighted by atomic mass is 10.2. The van der Waals surface area contributed by atoms with E-state index in [9.17, 15) is 17.6 Å². The van der Waals surface area contributed by atoms with E-state index in [1.165, 1.54) is 18.2 Å². The Bertz CT molecular complexity index is 992. The highest BCUT2D eigenvalue weighted by molar-refractivity contribution is 9.10. The summed E-state index contributed by atoms with van der Waals surface area (Å²) in [5, 5.41) is 0. The first-order valence-electron chi connectivity index (χ1n) is 8.14. The molecule has 0 unspecified atom stereocenters. The van der Waals surface area contributed by atoms with E-state index in [0.717, 1.165) is 11.6 Å². The van der Waals surface area contributed by atoms with Crippen LogP contribution in [0.5, 0.6) is 0 Å². The molecule has 1 aliphatic rings. The van der Waals surface area contributed by atoms with Crippen molar-refractivity contribution >= 4 is 43.2 Å². The second kappa shape index (κ2) is 7.00. The quantitative estimate of drug-likeness (QED) is 0.780. The van der Waals surface area contributed by atoms with Gasteiger partial charge in [-0.3, -0.25) is 9.52 Å². The number of hydrogen-bond donors (Lipinski definition) is 1. The number of hydrogen-bond acceptors (Lipinski definition) is 3. The van der Waals surface area contributed by atoms with Gasteiger partial charge < -0.3 is 4.90 Å². The number of sulfonamides is 1. The fourth-order valence-corrected chi connectivity index (χ4v) is 5.07. The van der Waals surface area contributed by atoms with Crippen molar-refractivity contribution in [2.45, 2.75) is 31.6 Å². The van der Waals surface area contributed by atoms with Crippen LogP contribution < -0.4 is 9.62 Å². The van der Waals surface area contributed by atoms with E-state index >= 15 is 0 Å². The molecular weight excluding hydrogens is 423 g/mol. The smallest absolute Gasteiger partial charge is 0.263 e. The van der Waals surface area contributed by atoms with Gasteiger partial charge in [0.25, 0.3) is 10.0 Å². The van der Waals surface area contributed by atoms with Crippen molar-refractivity contribution < 1.29 is 17.6 Å². The van der Waals surface area contributed by atoms with Crippen LogP contribution in [0.25, 0.3) is 0 Å². The lowest BCUT2D eigenvalue weighted by Gasteiger charge is -2.18. The van der Waals surface area contributed by atoms with Gasteiger partial charge in [-0.05, 0) is 64.7 Å². The molecule has 0 bridgehead atoms. The molecule has 0 aliphatic carbocycles. The van der Waals surface area contributed by atoms with Gasteiger partial charge >= 0.3 is 0 Å². The van der Waals surface area contributed by atoms with Crippen LogP contribution in [0.15, 0.2) is 39.7 Å². The maximum atomic E-state index is 13.7. The molecule has 0 radical (unpaired) electrons. The van der Waals surface area contributed by atoms with Crippen LogP contribution in [0.2, 0.25) is 0 Å². The molecule has 0 spiro atoms. The minimum atomic E-state index is -3.95. The zero-order chi connectivity index (χ0) is 19.1. The number of carbonyl (C=O) groups is 1. The third-order valence-electron chi connectivity index (χ3n) is 4.35. The van der Waals surface area contributed by atoms with Crippen LogP contribution in [0.1, 0.15) is 24.5 Å². The van der Waals surface area contributed by atoms with Gasteiger partial charge in [-0.1, -0.05) is 13.0 Å². The van der Waals surface area contributed by atoms with Crippen LogP contribution in [-0.2, 0) is 21.2 Å². The van der Waals surface area contributed by atoms with Gasteiger partial charge in [0, 0.05) is 23.1 Å². The molecule has 26 heavy (non-hydrogen) atoms. The van der Waals surface area contributed by atoms with Crippen molar-refractivity contribution in [3.8, 4) is 0 Å². The largest absolute Gasteiger partial charge is 0.312 e. The number of benzene rings is 2. The second-order valence-corrected chi connectivity index (χ2v) is 8.63. The Morgan fingerprint density at radius 2 is 2.04 bits per heavy atom. The normalized spacial score (nSPS) is 13.6. The van der Waals surface area contributed by atoms with Gasteiger partial charge in [0.15, 0.2) is 0 Å². The van der Waals surface area contributed by atoms with Crippen LogP contribution in [0.4, 0.5) is 15.8 Å². The van der Waals surface area contributed by atoms with Gasteiger partial charge in [-0.15, -0.1) is 0 Å². The Hall–Kier alpha value is -1.93. The average molecular weight is 441 g/mol. The summed E-state index contributed by atoms with van der Waals surface area (Å²) in [4.78, 5) is 13.7. The number of carbonyl (C=O) groups excluding carboxylic acids is 1. The van der Waals surface area contributed by atoms with E-state index in [-0.39, 0.29) is 16.5 Å². The third kappa shape index (κ3) is 3.48. The fourth-order valence-electron chi connectivity index (χ4n) is 2.91. The summed E-state index contributed by atoms with van der Waals surface area (Å²) in [6, 6.07) is 7.37. The first kappa shape index (κ1) is 18.8. The van der Waals surface area contributed by atoms with Gasteiger partial charge in [0.1, 0.15) is 10.7 Å². The molecule has 1 aliphatic heterocycles. The predicted molar refractivity (Wildman–Crippen MR) is 102 cm³/mol. The van der Waals surface area contributed by atoms with Crippen LogP contribution >= 0.6 is 15.9 Å². The van der Waals surface area contributed by atoms with Gasteiger partial charge in [0.05, 0.1) is 5.69 Å². The molecule has 2 aromatic carbocycles. The maximum Gasteiger partial charge on any atom is 0.263 e. The van der Waals surface area contributed by atoms with Gasteiger partial charge in [-0.2, -0.15) is 0 Å². The average Bonchev–Trinajstić information content (AvgIpc) is 2.99. The molecule has 5 nitrogen and oxygen atoms in total. The number of fused-ring (bicyclic) bond motifs is 1. The van der Waals surface area contributed by atoms with Crippen molar-refractivity contribution in [1.29, 1.82) is 0 Å². The monoisotopic (exact) mass is 440 g/mol. The van der Waals surface area contributed by atoms with E-state index in [1.54, 1.807) is 24.8 Å². The van der Waals surface area contributed by atoms with Crippen molar-refractivity contribution in [1.82, 2.24) is 0 Å². The van der Waals surface area contributed by atoms with Crippen molar-refractivity contribution in [2.24, 2.45) is 0 Å². The van der Waals surface area contributed by atoms with E-state index in [4.69, 9.17) is 0 Å². The summed E-state index contributed by atoms with van der Waals surface area (Å²) >= 11 is 3.30. The van der Waals surface area contributed by atoms with Crippen molar-refractivity contribution in [3.05, 3.63) is 51.7 Å². The summed E-state index contributed by atoms with van der Waals surface area (Å²) < 4.78 is 42.1. The molecule has 0 aromatic heterocycles. The maximum absolute atomic E-state index is 13.7. The Kier molecular flexibility index (Phi) is 5.07. The third-order valence-corrected chi connectivity index (χ3v) is 6.69. The standard InChI is InChI=1S/C18H18BrFN2O3S/c1-3-18(23)22-7-6-12-8-14(19)17(10-16(12)22)26(24,25)21-13-5-4-11(2)15(20)9-13/h4-5,8-10,21H,3,6-7H2,1-2H3. The molecule has 0 saturated carbocycles. The van der Waals surface area contributed by atoms with Crippen LogP contribution in [0.3, 0.4) is 0 Å². The molecular formula is C18H18BrFN2O3S. The van der Waals surface area contributed by atoms with Crippen molar-refractivity contribution in [2.75, 3.05) is 16.2 Å². The zero-order valence-electron chi connectivity index (χ0n) is 14.3. The summed E-state index contributed by atoms with van der Waals surface area (Å²) in [6.45, 7) is 3.91. The minimum absolute atomic E-state index is 0.00744. The molecule has 3 rings (SSSR count). The summed E-state index contributed by atoms with van der Waals surface area (Å²) in [5.74, 6) is -0.541. The number of nitrogens with one attached hydrogen (secondary N) is 1. The van der Waals surface area contributed by atoms with Crippen molar-refractivity contribution in [3.63, 3.8) is 0 Å². The SMILES string of the molecule is CCC(=O)N1CCc2cc(Br)c(S(=O)(=O)Nc3ccc(C)c(F)c3)cc21. The summed E-state index contributed by atoms with van der Waals surface area (Å²) in [6.07, 6.45) is 1.02. The van der Waals surface area contributed by atoms with Crippen LogP contribution in [-0.4, -0.2) is 20.9 Å². The first-order chi connectivity index (χ1) is 12.2. The fraction of sp³-hybridized carbons (Fsp3) is 0.278. The molecule has 138 valence electrons. The predicted octanol–water partition coefficient (Wildman–Crippen LogP) is 4.00. The molecule has 0 saturated heterocycles. The molecule has 1 heterocycles. The molecule has 0 fully saturated rings. The Morgan fingerprint density at radius 3 is 2.69 bits per heavy atom. The molecule has 1 amide bonds. The van der Waals surface area contributed by atoms with Gasteiger partial charge in [-0.25, -0.2) is 12.8 Å². The lowest BCUT2D eigenvalue weighted by Crippen LogP contribution is -2.28. The topological polar surface area (TPSA) is 66.5 Å².